The van der Waals surface area contributed by atoms with Crippen LogP contribution >= 0.6 is 11.8 Å². The average Bonchev–Trinajstić information content (AvgIpc) is 3.23. The van der Waals surface area contributed by atoms with Crippen molar-refractivity contribution in [1.29, 1.82) is 0 Å². The molecule has 0 spiro atoms. The van der Waals surface area contributed by atoms with Gasteiger partial charge in [-0.15, -0.1) is 0 Å². The van der Waals surface area contributed by atoms with Crippen LogP contribution in [0.4, 0.5) is 5.69 Å². The van der Waals surface area contributed by atoms with E-state index in [9.17, 15) is 9.90 Å². The summed E-state index contributed by atoms with van der Waals surface area (Å²) in [4.78, 5) is 17.3. The van der Waals surface area contributed by atoms with Crippen LogP contribution in [0.15, 0.2) is 23.2 Å². The summed E-state index contributed by atoms with van der Waals surface area (Å²) in [5.41, 5.74) is 1.55. The van der Waals surface area contributed by atoms with E-state index >= 15 is 0 Å². The Hall–Kier alpha value is -1.51. The summed E-state index contributed by atoms with van der Waals surface area (Å²) in [6.07, 6.45) is 5.67. The van der Waals surface area contributed by atoms with Gasteiger partial charge in [-0.05, 0) is 71.0 Å². The van der Waals surface area contributed by atoms with Crippen molar-refractivity contribution in [3.63, 3.8) is 0 Å². The van der Waals surface area contributed by atoms with Gasteiger partial charge < -0.3 is 19.7 Å². The maximum absolute atomic E-state index is 12.3. The molecule has 3 rings (SSSR count). The number of anilines is 1. The smallest absolute Gasteiger partial charge is 0.480 e. The third-order valence-electron chi connectivity index (χ3n) is 7.49. The van der Waals surface area contributed by atoms with Crippen LogP contribution in [0.25, 0.3) is 0 Å². The molecule has 1 fully saturated rings. The second-order valence-electron chi connectivity index (χ2n) is 10.6. The van der Waals surface area contributed by atoms with E-state index in [1.807, 2.05) is 18.2 Å². The largest absolute Gasteiger partial charge is 0.495 e. The zero-order chi connectivity index (χ0) is 25.1. The molecule has 34 heavy (non-hydrogen) atoms. The van der Waals surface area contributed by atoms with Gasteiger partial charge in [0.05, 0.1) is 16.2 Å². The molecule has 2 N–H and O–H groups in total. The van der Waals surface area contributed by atoms with E-state index < -0.39 is 35.1 Å². The molecular weight excluding hydrogens is 447 g/mol. The summed E-state index contributed by atoms with van der Waals surface area (Å²) in [5.74, 6) is -0.777. The third-order valence-corrected chi connectivity index (χ3v) is 8.93. The summed E-state index contributed by atoms with van der Waals surface area (Å²) in [7, 11) is -0.437. The molecule has 0 amide bonds. The molecule has 188 valence electrons. The van der Waals surface area contributed by atoms with Gasteiger partial charge in [-0.25, -0.2) is 0 Å². The summed E-state index contributed by atoms with van der Waals surface area (Å²) in [6, 6.07) is 6.08. The monoisotopic (exact) mass is 488 g/mol. The van der Waals surface area contributed by atoms with Gasteiger partial charge in [0.1, 0.15) is 10.8 Å². The summed E-state index contributed by atoms with van der Waals surface area (Å²) >= 11 is 1.45. The topological polar surface area (TPSA) is 80.2 Å². The molecule has 2 aliphatic heterocycles. The minimum Gasteiger partial charge on any atom is -0.480 e. The fourth-order valence-corrected chi connectivity index (χ4v) is 5.85. The van der Waals surface area contributed by atoms with Gasteiger partial charge in [0.2, 0.25) is 0 Å². The lowest BCUT2D eigenvalue weighted by atomic mass is 9.75. The second kappa shape index (κ2) is 10.6. The van der Waals surface area contributed by atoms with Gasteiger partial charge in [0.15, 0.2) is 0 Å². The number of aliphatic imine (C=N–C) groups is 1. The van der Waals surface area contributed by atoms with E-state index in [0.717, 1.165) is 60.3 Å². The van der Waals surface area contributed by atoms with Crippen molar-refractivity contribution >= 4 is 41.0 Å². The predicted molar refractivity (Wildman–Crippen MR) is 144 cm³/mol. The number of carbonyl (C=O) groups is 1. The number of nitrogens with zero attached hydrogens (tertiary/aromatic N) is 1. The number of hydrogen-bond acceptors (Lipinski definition) is 6. The minimum absolute atomic E-state index is 0.406. The first-order valence-electron chi connectivity index (χ1n) is 12.6. The van der Waals surface area contributed by atoms with Crippen LogP contribution in [-0.2, 0) is 14.1 Å². The van der Waals surface area contributed by atoms with Gasteiger partial charge in [-0.3, -0.25) is 9.79 Å². The predicted octanol–water partition coefficient (Wildman–Crippen LogP) is 5.42. The van der Waals surface area contributed by atoms with Crippen LogP contribution < -0.4 is 10.8 Å². The van der Waals surface area contributed by atoms with Crippen molar-refractivity contribution < 1.29 is 19.2 Å². The number of unbranched alkanes of at least 4 members (excludes halogenated alkanes) is 2. The SMILES string of the molecule is CCCCC1=NC(CCCC)(CNc2cccc(B3OC(C)(C)C(C)(C)O3)c2C)C(C(=O)O)S1. The maximum atomic E-state index is 12.3. The second-order valence-corrected chi connectivity index (χ2v) is 11.8. The van der Waals surface area contributed by atoms with Gasteiger partial charge in [-0.2, -0.15) is 0 Å². The standard InChI is InChI=1S/C26H41BN2O4S/c1-8-10-15-21-29-26(16-11-9-2,22(34-21)23(30)31)17-28-20-14-12-13-19(18(20)3)27-32-24(4,5)25(6,7)33-27/h12-14,22,28H,8-11,15-17H2,1-7H3,(H,30,31). The molecule has 0 saturated carbocycles. The lowest BCUT2D eigenvalue weighted by Crippen LogP contribution is -2.46. The lowest BCUT2D eigenvalue weighted by molar-refractivity contribution is -0.137. The van der Waals surface area contributed by atoms with E-state index in [4.69, 9.17) is 14.3 Å². The Balaban J connectivity index is 1.86. The first-order chi connectivity index (χ1) is 16.0. The number of thioether (sulfide) groups is 1. The summed E-state index contributed by atoms with van der Waals surface area (Å²) < 4.78 is 12.6. The van der Waals surface area contributed by atoms with E-state index in [1.54, 1.807) is 0 Å². The highest BCUT2D eigenvalue weighted by Gasteiger charge is 2.52. The quantitative estimate of drug-likeness (QED) is 0.405. The zero-order valence-electron chi connectivity index (χ0n) is 21.9. The molecule has 2 heterocycles. The Morgan fingerprint density at radius 3 is 2.38 bits per heavy atom. The zero-order valence-corrected chi connectivity index (χ0v) is 22.7. The Labute approximate surface area is 209 Å². The van der Waals surface area contributed by atoms with E-state index in [1.165, 1.54) is 11.8 Å². The number of carboxylic acids is 1. The van der Waals surface area contributed by atoms with Gasteiger partial charge >= 0.3 is 13.1 Å². The Morgan fingerprint density at radius 1 is 1.15 bits per heavy atom. The van der Waals surface area contributed by atoms with Gasteiger partial charge in [0, 0.05) is 12.2 Å². The molecule has 1 saturated heterocycles. The van der Waals surface area contributed by atoms with Crippen LogP contribution in [0.1, 0.15) is 85.6 Å². The first kappa shape index (κ1) is 27.1. The van der Waals surface area contributed by atoms with Crippen molar-refractivity contribution in [2.75, 3.05) is 11.9 Å². The summed E-state index contributed by atoms with van der Waals surface area (Å²) in [6.45, 7) is 15.1. The molecule has 8 heteroatoms. The fraction of sp³-hybridized carbons (Fsp3) is 0.692. The van der Waals surface area contributed by atoms with Gasteiger partial charge in [0.25, 0.3) is 0 Å². The molecular formula is C26H41BN2O4S. The number of nitrogens with one attached hydrogen (secondary N) is 1. The number of aliphatic carboxylic acids is 1. The molecule has 2 unspecified atom stereocenters. The van der Waals surface area contributed by atoms with Crippen LogP contribution in [0.3, 0.4) is 0 Å². The molecule has 2 atom stereocenters. The Morgan fingerprint density at radius 2 is 1.79 bits per heavy atom. The maximum Gasteiger partial charge on any atom is 0.495 e. The minimum atomic E-state index is -0.777. The van der Waals surface area contributed by atoms with Crippen LogP contribution in [0, 0.1) is 6.92 Å². The molecule has 2 aliphatic rings. The van der Waals surface area contributed by atoms with Crippen molar-refractivity contribution in [1.82, 2.24) is 0 Å². The molecule has 1 aromatic carbocycles. The molecule has 0 bridgehead atoms. The molecule has 0 radical (unpaired) electrons. The van der Waals surface area contributed by atoms with Crippen LogP contribution in [-0.4, -0.2) is 51.8 Å². The van der Waals surface area contributed by atoms with Crippen LogP contribution in [0.5, 0.6) is 0 Å². The molecule has 6 nitrogen and oxygen atoms in total. The van der Waals surface area contributed by atoms with E-state index in [0.29, 0.717) is 6.54 Å². The number of benzene rings is 1. The normalized spacial score (nSPS) is 25.4. The highest BCUT2D eigenvalue weighted by atomic mass is 32.2. The number of hydrogen-bond donors (Lipinski definition) is 2. The fourth-order valence-electron chi connectivity index (χ4n) is 4.51. The average molecular weight is 489 g/mol. The third kappa shape index (κ3) is 5.49. The highest BCUT2D eigenvalue weighted by molar-refractivity contribution is 8.15. The highest BCUT2D eigenvalue weighted by Crippen LogP contribution is 2.42. The van der Waals surface area contributed by atoms with E-state index in [-0.39, 0.29) is 0 Å². The van der Waals surface area contributed by atoms with Crippen molar-refractivity contribution in [2.45, 2.75) is 109 Å². The van der Waals surface area contributed by atoms with Gasteiger partial charge in [-0.1, -0.05) is 57.0 Å². The molecule has 0 aromatic heterocycles. The van der Waals surface area contributed by atoms with E-state index in [2.05, 4.69) is 53.8 Å². The lowest BCUT2D eigenvalue weighted by Gasteiger charge is -2.32. The van der Waals surface area contributed by atoms with Crippen molar-refractivity contribution in [2.24, 2.45) is 4.99 Å². The Bertz CT molecular complexity index is 904. The van der Waals surface area contributed by atoms with Crippen LogP contribution in [0.2, 0.25) is 0 Å². The first-order valence-corrected chi connectivity index (χ1v) is 13.5. The molecule has 1 aromatic rings. The summed E-state index contributed by atoms with van der Waals surface area (Å²) in [5, 5.41) is 14.1. The molecule has 0 aliphatic carbocycles. The van der Waals surface area contributed by atoms with Crippen molar-refractivity contribution in [3.8, 4) is 0 Å². The number of rotatable bonds is 11. The van der Waals surface area contributed by atoms with Crippen molar-refractivity contribution in [3.05, 3.63) is 23.8 Å². The Kier molecular flexibility index (Phi) is 8.47. The number of carboxylic acid groups (broad SMARTS) is 1.